The lowest BCUT2D eigenvalue weighted by Crippen LogP contribution is -2.27. The Morgan fingerprint density at radius 2 is 1.95 bits per heavy atom. The van der Waals surface area contributed by atoms with Crippen LogP contribution in [0.4, 0.5) is 15.6 Å². The number of thiazole rings is 1. The van der Waals surface area contributed by atoms with Crippen LogP contribution >= 0.6 is 11.3 Å². The molecular formula is C14H17N3O2S. The van der Waals surface area contributed by atoms with Crippen molar-refractivity contribution in [2.45, 2.75) is 26.4 Å². The predicted molar refractivity (Wildman–Crippen MR) is 81.8 cm³/mol. The van der Waals surface area contributed by atoms with Crippen LogP contribution in [0.3, 0.4) is 0 Å². The monoisotopic (exact) mass is 291 g/mol. The molecule has 3 N–H and O–H groups in total. The van der Waals surface area contributed by atoms with E-state index in [0.717, 1.165) is 11.3 Å². The van der Waals surface area contributed by atoms with E-state index in [2.05, 4.69) is 10.3 Å². The molecule has 5 nitrogen and oxygen atoms in total. The second kappa shape index (κ2) is 5.50. The van der Waals surface area contributed by atoms with E-state index in [9.17, 15) is 4.79 Å². The number of benzene rings is 1. The third-order valence-corrected chi connectivity index (χ3v) is 3.08. The van der Waals surface area contributed by atoms with Crippen LogP contribution in [-0.2, 0) is 4.74 Å². The smallest absolute Gasteiger partial charge is 0.413 e. The highest BCUT2D eigenvalue weighted by atomic mass is 32.1. The minimum atomic E-state index is -0.527. The number of carbonyl (C=O) groups is 1. The molecule has 106 valence electrons. The molecule has 1 aromatic heterocycles. The van der Waals surface area contributed by atoms with Crippen LogP contribution in [0, 0.1) is 0 Å². The van der Waals surface area contributed by atoms with E-state index in [1.807, 2.05) is 50.4 Å². The van der Waals surface area contributed by atoms with Crippen LogP contribution in [0.1, 0.15) is 20.8 Å². The summed E-state index contributed by atoms with van der Waals surface area (Å²) in [5, 5.41) is 5.00. The van der Waals surface area contributed by atoms with E-state index in [1.54, 1.807) is 0 Å². The fourth-order valence-electron chi connectivity index (χ4n) is 1.51. The lowest BCUT2D eigenvalue weighted by Gasteiger charge is -2.18. The largest absolute Gasteiger partial charge is 0.444 e. The number of ether oxygens (including phenoxy) is 1. The van der Waals surface area contributed by atoms with E-state index >= 15 is 0 Å². The third kappa shape index (κ3) is 3.96. The molecule has 0 unspecified atom stereocenters. The number of amides is 1. The molecule has 0 atom stereocenters. The second-order valence-electron chi connectivity index (χ2n) is 5.29. The van der Waals surface area contributed by atoms with Crippen molar-refractivity contribution in [2.75, 3.05) is 11.1 Å². The Bertz CT molecular complexity index is 600. The SMILES string of the molecule is CC(C)(C)OC(=O)Nc1nc(-c2ccc(N)cc2)cs1. The summed E-state index contributed by atoms with van der Waals surface area (Å²) in [5.41, 5.74) is 7.57. The Labute approximate surface area is 121 Å². The molecule has 2 aromatic rings. The lowest BCUT2D eigenvalue weighted by molar-refractivity contribution is 0.0636. The number of nitrogen functional groups attached to an aromatic ring is 1. The molecule has 0 aliphatic rings. The summed E-state index contributed by atoms with van der Waals surface area (Å²) in [5.74, 6) is 0. The zero-order chi connectivity index (χ0) is 14.8. The van der Waals surface area contributed by atoms with E-state index in [1.165, 1.54) is 11.3 Å². The quantitative estimate of drug-likeness (QED) is 0.826. The molecule has 20 heavy (non-hydrogen) atoms. The molecule has 0 saturated heterocycles. The fourth-order valence-corrected chi connectivity index (χ4v) is 2.21. The summed E-state index contributed by atoms with van der Waals surface area (Å²) in [6, 6.07) is 7.41. The minimum absolute atomic E-state index is 0.504. The standard InChI is InChI=1S/C14H17N3O2S/c1-14(2,3)19-13(18)17-12-16-11(8-20-12)9-4-6-10(15)7-5-9/h4-8H,15H2,1-3H3,(H,16,17,18). The average molecular weight is 291 g/mol. The van der Waals surface area contributed by atoms with Gasteiger partial charge in [0.1, 0.15) is 5.60 Å². The highest BCUT2D eigenvalue weighted by molar-refractivity contribution is 7.14. The maximum Gasteiger partial charge on any atom is 0.413 e. The zero-order valence-corrected chi connectivity index (χ0v) is 12.5. The van der Waals surface area contributed by atoms with Crippen molar-refractivity contribution < 1.29 is 9.53 Å². The summed E-state index contributed by atoms with van der Waals surface area (Å²) in [7, 11) is 0. The second-order valence-corrected chi connectivity index (χ2v) is 6.14. The Kier molecular flexibility index (Phi) is 3.94. The highest BCUT2D eigenvalue weighted by Crippen LogP contribution is 2.25. The number of hydrogen-bond donors (Lipinski definition) is 2. The first-order chi connectivity index (χ1) is 9.33. The van der Waals surface area contributed by atoms with Crippen LogP contribution in [0.25, 0.3) is 11.3 Å². The number of carbonyl (C=O) groups excluding carboxylic acids is 1. The molecule has 0 aliphatic carbocycles. The van der Waals surface area contributed by atoms with Gasteiger partial charge in [-0.3, -0.25) is 5.32 Å². The van der Waals surface area contributed by atoms with Crippen molar-refractivity contribution in [3.63, 3.8) is 0 Å². The van der Waals surface area contributed by atoms with Gasteiger partial charge in [-0.05, 0) is 32.9 Å². The zero-order valence-electron chi connectivity index (χ0n) is 11.6. The van der Waals surface area contributed by atoms with E-state index in [0.29, 0.717) is 10.8 Å². The molecule has 0 fully saturated rings. The molecule has 1 heterocycles. The van der Waals surface area contributed by atoms with E-state index < -0.39 is 11.7 Å². The molecule has 1 aromatic carbocycles. The first-order valence-corrected chi connectivity index (χ1v) is 7.03. The molecular weight excluding hydrogens is 274 g/mol. The number of rotatable bonds is 2. The van der Waals surface area contributed by atoms with Crippen LogP contribution in [0.2, 0.25) is 0 Å². The average Bonchev–Trinajstić information content (AvgIpc) is 2.75. The van der Waals surface area contributed by atoms with Gasteiger partial charge in [-0.1, -0.05) is 12.1 Å². The fraction of sp³-hybridized carbons (Fsp3) is 0.286. The first-order valence-electron chi connectivity index (χ1n) is 6.15. The number of nitrogens with zero attached hydrogens (tertiary/aromatic N) is 1. The summed E-state index contributed by atoms with van der Waals surface area (Å²) >= 11 is 1.35. The lowest BCUT2D eigenvalue weighted by atomic mass is 10.1. The van der Waals surface area contributed by atoms with Crippen molar-refractivity contribution in [1.29, 1.82) is 0 Å². The summed E-state index contributed by atoms with van der Waals surface area (Å²) < 4.78 is 5.17. The Morgan fingerprint density at radius 3 is 2.55 bits per heavy atom. The van der Waals surface area contributed by atoms with Crippen LogP contribution in [0.15, 0.2) is 29.6 Å². The van der Waals surface area contributed by atoms with E-state index in [4.69, 9.17) is 10.5 Å². The maximum absolute atomic E-state index is 11.6. The molecule has 0 bridgehead atoms. The van der Waals surface area contributed by atoms with Gasteiger partial charge in [-0.15, -0.1) is 11.3 Å². The summed E-state index contributed by atoms with van der Waals surface area (Å²) in [6.45, 7) is 5.44. The van der Waals surface area contributed by atoms with Gasteiger partial charge in [0.25, 0.3) is 0 Å². The van der Waals surface area contributed by atoms with Crippen LogP contribution < -0.4 is 11.1 Å². The minimum Gasteiger partial charge on any atom is -0.444 e. The van der Waals surface area contributed by atoms with Crippen molar-refractivity contribution in [1.82, 2.24) is 4.98 Å². The molecule has 1 amide bonds. The van der Waals surface area contributed by atoms with Gasteiger partial charge < -0.3 is 10.5 Å². The van der Waals surface area contributed by atoms with Gasteiger partial charge in [0, 0.05) is 16.6 Å². The molecule has 0 aliphatic heterocycles. The molecule has 6 heteroatoms. The van der Waals surface area contributed by atoms with Gasteiger partial charge in [0.2, 0.25) is 0 Å². The van der Waals surface area contributed by atoms with Gasteiger partial charge in [0.15, 0.2) is 5.13 Å². The number of aromatic nitrogens is 1. The topological polar surface area (TPSA) is 77.2 Å². The van der Waals surface area contributed by atoms with Crippen molar-refractivity contribution in [2.24, 2.45) is 0 Å². The number of nitrogens with two attached hydrogens (primary N) is 1. The first kappa shape index (κ1) is 14.3. The number of nitrogens with one attached hydrogen (secondary N) is 1. The molecule has 0 spiro atoms. The van der Waals surface area contributed by atoms with Crippen LogP contribution in [0.5, 0.6) is 0 Å². The summed E-state index contributed by atoms with van der Waals surface area (Å²) in [6.07, 6.45) is -0.504. The highest BCUT2D eigenvalue weighted by Gasteiger charge is 2.17. The van der Waals surface area contributed by atoms with Gasteiger partial charge in [-0.25, -0.2) is 9.78 Å². The molecule has 0 saturated carbocycles. The molecule has 2 rings (SSSR count). The van der Waals surface area contributed by atoms with E-state index in [-0.39, 0.29) is 0 Å². The van der Waals surface area contributed by atoms with Gasteiger partial charge >= 0.3 is 6.09 Å². The Hall–Kier alpha value is -2.08. The van der Waals surface area contributed by atoms with Crippen molar-refractivity contribution in [3.8, 4) is 11.3 Å². The third-order valence-electron chi connectivity index (χ3n) is 2.32. The predicted octanol–water partition coefficient (Wildman–Crippen LogP) is 3.74. The van der Waals surface area contributed by atoms with Crippen molar-refractivity contribution in [3.05, 3.63) is 29.6 Å². The van der Waals surface area contributed by atoms with Crippen LogP contribution in [-0.4, -0.2) is 16.7 Å². The Morgan fingerprint density at radius 1 is 1.30 bits per heavy atom. The number of hydrogen-bond acceptors (Lipinski definition) is 5. The van der Waals surface area contributed by atoms with Gasteiger partial charge in [-0.2, -0.15) is 0 Å². The molecule has 0 radical (unpaired) electrons. The Balaban J connectivity index is 2.06. The summed E-state index contributed by atoms with van der Waals surface area (Å²) in [4.78, 5) is 16.0. The maximum atomic E-state index is 11.6. The number of anilines is 2. The normalized spacial score (nSPS) is 11.2. The van der Waals surface area contributed by atoms with Gasteiger partial charge in [0.05, 0.1) is 5.69 Å². The van der Waals surface area contributed by atoms with Crippen molar-refractivity contribution >= 4 is 28.2 Å².